The van der Waals surface area contributed by atoms with Gasteiger partial charge in [0.25, 0.3) is 5.56 Å². The van der Waals surface area contributed by atoms with Gasteiger partial charge in [-0.1, -0.05) is 48.9 Å². The molecule has 4 aromatic rings. The summed E-state index contributed by atoms with van der Waals surface area (Å²) in [6.45, 7) is 5.84. The van der Waals surface area contributed by atoms with Crippen LogP contribution in [0, 0.1) is 6.92 Å². The third-order valence-corrected chi connectivity index (χ3v) is 5.91. The van der Waals surface area contributed by atoms with E-state index in [9.17, 15) is 9.90 Å². The fourth-order valence-electron chi connectivity index (χ4n) is 4.25. The van der Waals surface area contributed by atoms with Gasteiger partial charge in [0.15, 0.2) is 5.82 Å². The van der Waals surface area contributed by atoms with Gasteiger partial charge in [0.2, 0.25) is 0 Å². The summed E-state index contributed by atoms with van der Waals surface area (Å²) in [6, 6.07) is 17.9. The summed E-state index contributed by atoms with van der Waals surface area (Å²) < 4.78 is 1.82. The third kappa shape index (κ3) is 5.35. The molecule has 0 amide bonds. The molecule has 172 valence electrons. The number of aliphatic hydroxyl groups is 1. The molecule has 1 unspecified atom stereocenters. The lowest BCUT2D eigenvalue weighted by molar-refractivity contribution is 0.152. The number of benzene rings is 2. The summed E-state index contributed by atoms with van der Waals surface area (Å²) in [4.78, 5) is 18.1. The lowest BCUT2D eigenvalue weighted by Gasteiger charge is -2.30. The van der Waals surface area contributed by atoms with E-state index in [1.54, 1.807) is 0 Å². The molecule has 0 fully saturated rings. The molecule has 0 radical (unpaired) electrons. The second-order valence-corrected chi connectivity index (χ2v) is 8.37. The van der Waals surface area contributed by atoms with Crippen LogP contribution in [0.1, 0.15) is 48.3 Å². The Labute approximate surface area is 192 Å². The lowest BCUT2D eigenvalue weighted by Crippen LogP contribution is -2.34. The predicted molar refractivity (Wildman–Crippen MR) is 128 cm³/mol. The molecule has 0 aliphatic carbocycles. The molecule has 0 bridgehead atoms. The second-order valence-electron chi connectivity index (χ2n) is 8.37. The highest BCUT2D eigenvalue weighted by Gasteiger charge is 2.25. The number of aliphatic hydroxyl groups excluding tert-OH is 1. The fraction of sp³-hybridized carbons (Fsp3) is 0.360. The highest BCUT2D eigenvalue weighted by Crippen LogP contribution is 2.25. The minimum atomic E-state index is -0.0981. The normalized spacial score (nSPS) is 12.5. The molecule has 0 saturated heterocycles. The van der Waals surface area contributed by atoms with Gasteiger partial charge >= 0.3 is 0 Å². The van der Waals surface area contributed by atoms with Crippen molar-refractivity contribution in [2.45, 2.75) is 45.8 Å². The minimum absolute atomic E-state index is 0.0785. The van der Waals surface area contributed by atoms with Crippen molar-refractivity contribution in [3.05, 3.63) is 87.5 Å². The van der Waals surface area contributed by atoms with E-state index in [4.69, 9.17) is 0 Å². The van der Waals surface area contributed by atoms with E-state index in [1.165, 1.54) is 0 Å². The van der Waals surface area contributed by atoms with Crippen LogP contribution in [0.25, 0.3) is 10.9 Å². The number of hydrogen-bond acceptors (Lipinski definition) is 6. The maximum Gasteiger partial charge on any atom is 0.252 e. The average Bonchev–Trinajstić information content (AvgIpc) is 3.26. The molecule has 4 rings (SSSR count). The predicted octanol–water partition coefficient (Wildman–Crippen LogP) is 3.21. The standard InChI is InChI=1S/C25H30N6O2/c1-3-23(24-27-28-29-31(24)16-19-8-5-4-6-9-19)30(12-7-13-32)17-21-15-20-14-18(2)10-11-22(20)26-25(21)33/h4-6,8-11,14-15,23,32H,3,7,12-13,16-17H2,1-2H3,(H,26,33). The smallest absolute Gasteiger partial charge is 0.252 e. The Morgan fingerprint density at radius 1 is 1.15 bits per heavy atom. The third-order valence-electron chi connectivity index (χ3n) is 5.91. The zero-order valence-electron chi connectivity index (χ0n) is 19.1. The zero-order chi connectivity index (χ0) is 23.2. The van der Waals surface area contributed by atoms with E-state index in [1.807, 2.05) is 60.1 Å². The summed E-state index contributed by atoms with van der Waals surface area (Å²) in [5.41, 5.74) is 3.68. The lowest BCUT2D eigenvalue weighted by atomic mass is 10.1. The van der Waals surface area contributed by atoms with Crippen molar-refractivity contribution >= 4 is 10.9 Å². The van der Waals surface area contributed by atoms with Crippen molar-refractivity contribution in [2.24, 2.45) is 0 Å². The molecule has 2 heterocycles. The van der Waals surface area contributed by atoms with Crippen LogP contribution >= 0.6 is 0 Å². The van der Waals surface area contributed by atoms with Crippen LogP contribution in [-0.4, -0.2) is 48.3 Å². The van der Waals surface area contributed by atoms with Gasteiger partial charge in [-0.15, -0.1) is 5.10 Å². The number of tetrazole rings is 1. The van der Waals surface area contributed by atoms with Crippen LogP contribution in [0.5, 0.6) is 0 Å². The van der Waals surface area contributed by atoms with E-state index in [-0.39, 0.29) is 18.2 Å². The van der Waals surface area contributed by atoms with E-state index in [0.717, 1.165) is 34.3 Å². The van der Waals surface area contributed by atoms with Gasteiger partial charge in [0.05, 0.1) is 12.6 Å². The molecule has 2 N–H and O–H groups in total. The molecule has 0 aliphatic heterocycles. The number of hydrogen-bond donors (Lipinski definition) is 2. The second kappa shape index (κ2) is 10.5. The van der Waals surface area contributed by atoms with Gasteiger partial charge in [-0.2, -0.15) is 0 Å². The van der Waals surface area contributed by atoms with Crippen LogP contribution in [0.4, 0.5) is 0 Å². The van der Waals surface area contributed by atoms with Gasteiger partial charge in [-0.25, -0.2) is 4.68 Å². The number of aryl methyl sites for hydroxylation is 1. The summed E-state index contributed by atoms with van der Waals surface area (Å²) in [5.74, 6) is 0.757. The molecule has 8 nitrogen and oxygen atoms in total. The summed E-state index contributed by atoms with van der Waals surface area (Å²) in [7, 11) is 0. The van der Waals surface area contributed by atoms with E-state index < -0.39 is 0 Å². The monoisotopic (exact) mass is 446 g/mol. The van der Waals surface area contributed by atoms with Gasteiger partial charge in [-0.05, 0) is 59.3 Å². The van der Waals surface area contributed by atoms with Gasteiger partial charge in [-0.3, -0.25) is 9.69 Å². The Kier molecular flexibility index (Phi) is 7.26. The Bertz CT molecular complexity index is 1250. The largest absolute Gasteiger partial charge is 0.396 e. The molecular weight excluding hydrogens is 416 g/mol. The molecule has 1 atom stereocenters. The van der Waals surface area contributed by atoms with Gasteiger partial charge < -0.3 is 10.1 Å². The maximum atomic E-state index is 12.9. The molecule has 8 heteroatoms. The van der Waals surface area contributed by atoms with Crippen LogP contribution in [0.3, 0.4) is 0 Å². The molecule has 0 saturated carbocycles. The molecule has 2 aromatic carbocycles. The van der Waals surface area contributed by atoms with Crippen LogP contribution in [0.15, 0.2) is 59.4 Å². The van der Waals surface area contributed by atoms with Crippen molar-refractivity contribution in [2.75, 3.05) is 13.2 Å². The quantitative estimate of drug-likeness (QED) is 0.388. The van der Waals surface area contributed by atoms with Crippen LogP contribution in [-0.2, 0) is 13.1 Å². The Hall–Kier alpha value is -3.36. The maximum absolute atomic E-state index is 12.9. The SMILES string of the molecule is CCC(c1nnnn1Cc1ccccc1)N(CCCO)Cc1cc2cc(C)ccc2[nH]c1=O. The summed E-state index contributed by atoms with van der Waals surface area (Å²) in [5, 5.41) is 23.0. The van der Waals surface area contributed by atoms with Crippen molar-refractivity contribution in [3.8, 4) is 0 Å². The van der Waals surface area contributed by atoms with Crippen LogP contribution < -0.4 is 5.56 Å². The molecule has 33 heavy (non-hydrogen) atoms. The summed E-state index contributed by atoms with van der Waals surface area (Å²) in [6.07, 6.45) is 1.37. The molecule has 0 aliphatic rings. The Morgan fingerprint density at radius 3 is 2.73 bits per heavy atom. The van der Waals surface area contributed by atoms with E-state index >= 15 is 0 Å². The number of nitrogens with zero attached hydrogens (tertiary/aromatic N) is 5. The first-order valence-corrected chi connectivity index (χ1v) is 11.4. The first-order chi connectivity index (χ1) is 16.1. The number of rotatable bonds is 10. The van der Waals surface area contributed by atoms with Crippen molar-refractivity contribution in [3.63, 3.8) is 0 Å². The van der Waals surface area contributed by atoms with E-state index in [2.05, 4.69) is 38.4 Å². The fourth-order valence-corrected chi connectivity index (χ4v) is 4.25. The van der Waals surface area contributed by atoms with E-state index in [0.29, 0.717) is 31.6 Å². The first-order valence-electron chi connectivity index (χ1n) is 11.4. The molecule has 0 spiro atoms. The number of pyridine rings is 1. The highest BCUT2D eigenvalue weighted by atomic mass is 16.3. The number of H-pyrrole nitrogens is 1. The highest BCUT2D eigenvalue weighted by molar-refractivity contribution is 5.79. The number of fused-ring (bicyclic) bond motifs is 1. The first kappa shape index (κ1) is 22.8. The van der Waals surface area contributed by atoms with Crippen molar-refractivity contribution < 1.29 is 5.11 Å². The number of aromatic nitrogens is 5. The summed E-state index contributed by atoms with van der Waals surface area (Å²) >= 11 is 0. The average molecular weight is 447 g/mol. The zero-order valence-corrected chi connectivity index (χ0v) is 19.1. The van der Waals surface area contributed by atoms with Gasteiger partial charge in [0, 0.05) is 30.8 Å². The topological polar surface area (TPSA) is 99.9 Å². The van der Waals surface area contributed by atoms with Gasteiger partial charge in [0.1, 0.15) is 0 Å². The Morgan fingerprint density at radius 2 is 1.97 bits per heavy atom. The van der Waals surface area contributed by atoms with Crippen molar-refractivity contribution in [1.29, 1.82) is 0 Å². The molecular formula is C25H30N6O2. The molecule has 2 aromatic heterocycles. The number of nitrogens with one attached hydrogen (secondary N) is 1. The number of aromatic amines is 1. The van der Waals surface area contributed by atoms with Crippen molar-refractivity contribution in [1.82, 2.24) is 30.1 Å². The van der Waals surface area contributed by atoms with Crippen LogP contribution in [0.2, 0.25) is 0 Å². The minimum Gasteiger partial charge on any atom is -0.396 e. The Balaban J connectivity index is 1.66.